The Hall–Kier alpha value is -3.70. The highest BCUT2D eigenvalue weighted by Crippen LogP contribution is 2.17. The molecule has 5 aromatic carbocycles. The predicted molar refractivity (Wildman–Crippen MR) is 312 cm³/mol. The van der Waals surface area contributed by atoms with Crippen LogP contribution in [0.15, 0.2) is 115 Å². The van der Waals surface area contributed by atoms with Gasteiger partial charge in [-0.05, 0) is 94.3 Å². The third-order valence-electron chi connectivity index (χ3n) is 7.72. The second-order valence-corrected chi connectivity index (χ2v) is 13.9. The zero-order valence-electron chi connectivity index (χ0n) is 47.0. The van der Waals surface area contributed by atoms with Crippen LogP contribution in [0.25, 0.3) is 21.5 Å². The van der Waals surface area contributed by atoms with Crippen molar-refractivity contribution in [2.75, 3.05) is 82.3 Å². The van der Waals surface area contributed by atoms with Crippen molar-refractivity contribution in [3.05, 3.63) is 132 Å². The highest BCUT2D eigenvalue weighted by atomic mass is 16.5. The van der Waals surface area contributed by atoms with E-state index in [4.69, 9.17) is 29.2 Å². The molecule has 0 bridgehead atoms. The van der Waals surface area contributed by atoms with E-state index in [9.17, 15) is 0 Å². The van der Waals surface area contributed by atoms with Gasteiger partial charge < -0.3 is 38.6 Å². The minimum Gasteiger partial charge on any atom is -0.396 e. The van der Waals surface area contributed by atoms with Crippen LogP contribution in [0, 0.1) is 20.8 Å². The average molecular weight is 976 g/mol. The first-order chi connectivity index (χ1) is 32.4. The Balaban J connectivity index is -0.0000000840. The molecule has 0 saturated heterocycles. The molecule has 1 unspecified atom stereocenters. The van der Waals surface area contributed by atoms with Crippen molar-refractivity contribution in [2.24, 2.45) is 0 Å². The van der Waals surface area contributed by atoms with E-state index in [0.717, 1.165) is 45.5 Å². The zero-order valence-corrected chi connectivity index (χ0v) is 47.0. The van der Waals surface area contributed by atoms with Crippen LogP contribution in [0.2, 0.25) is 0 Å². The van der Waals surface area contributed by atoms with Crippen LogP contribution in [0.1, 0.15) is 140 Å². The number of benzene rings is 5. The van der Waals surface area contributed by atoms with Crippen LogP contribution in [0.3, 0.4) is 0 Å². The third kappa shape index (κ3) is 68.6. The van der Waals surface area contributed by atoms with Gasteiger partial charge in [0.25, 0.3) is 0 Å². The maximum Gasteiger partial charge on any atom is 0.0773 e. The summed E-state index contributed by atoms with van der Waals surface area (Å²) in [5, 5.41) is 21.7. The lowest BCUT2D eigenvalue weighted by Gasteiger charge is -2.00. The lowest BCUT2D eigenvalue weighted by Crippen LogP contribution is -2.08. The molecule has 0 aliphatic carbocycles. The standard InChI is InChI=1S/2C11H10.C7H8.2C4H10O2.4C4H10O.3C2H6.2CH4/c1-9-5-4-7-10-6-2-3-8-11(9)10;1-9-6-7-10-4-2-3-5-11(10)8-9;1-7-5-3-2-4-6-7;1-4(3-5)6-2;1-6-4-2-3-5;1-4(2)5-3;3*1-3-4-5-2;3*1-2;;/h2*2-8H,1H3;2-6H,1H3;4-5H,3H2,1-2H3;5H,2-4H2,1H3;4H,1-3H3;3*3-4H2,1-2H3;3*1-2H3;2*1H4. The summed E-state index contributed by atoms with van der Waals surface area (Å²) in [5.41, 5.74) is 3.99. The van der Waals surface area contributed by atoms with E-state index in [2.05, 4.69) is 148 Å². The fraction of sp³-hybridized carbons (Fsp3) is 0.574. The van der Waals surface area contributed by atoms with Crippen LogP contribution >= 0.6 is 0 Å². The van der Waals surface area contributed by atoms with Gasteiger partial charge >= 0.3 is 0 Å². The molecule has 0 saturated carbocycles. The highest BCUT2D eigenvalue weighted by Gasteiger charge is 1.93. The lowest BCUT2D eigenvalue weighted by atomic mass is 10.1. The number of hydrogen-bond donors (Lipinski definition) is 2. The SMILES string of the molecule is C.C.CC.CC.CC.CCCOC.CCCOC.CCCOC.COC(C)C.COC(C)CO.COCCCO.Cc1ccc2ccccc2c1.Cc1cccc2ccccc12.Cc1ccccc1. The molecule has 0 aliphatic heterocycles. The average Bonchev–Trinajstić information content (AvgIpc) is 3.37. The molecule has 2 N–H and O–H groups in total. The summed E-state index contributed by atoms with van der Waals surface area (Å²) in [4.78, 5) is 0. The number of fused-ring (bicyclic) bond motifs is 2. The Labute approximate surface area is 429 Å². The molecule has 8 heteroatoms. The van der Waals surface area contributed by atoms with Crippen LogP contribution < -0.4 is 0 Å². The molecule has 5 rings (SSSR count). The molecule has 5 aromatic rings. The van der Waals surface area contributed by atoms with Crippen molar-refractivity contribution in [2.45, 2.75) is 157 Å². The van der Waals surface area contributed by atoms with Crippen molar-refractivity contribution < 1.29 is 38.6 Å². The van der Waals surface area contributed by atoms with Gasteiger partial charge in [0.15, 0.2) is 0 Å². The number of methoxy groups -OCH3 is 6. The van der Waals surface area contributed by atoms with Crippen molar-refractivity contribution in [1.82, 2.24) is 0 Å². The predicted octanol–water partition coefficient (Wildman–Crippen LogP) is 16.8. The smallest absolute Gasteiger partial charge is 0.0773 e. The molecule has 0 aromatic heterocycles. The molecule has 69 heavy (non-hydrogen) atoms. The normalized spacial score (nSPS) is 8.99. The molecule has 0 fully saturated rings. The van der Waals surface area contributed by atoms with Crippen LogP contribution in [0.5, 0.6) is 0 Å². The Morgan fingerprint density at radius 3 is 1.12 bits per heavy atom. The Kier molecular flexibility index (Phi) is 93.6. The van der Waals surface area contributed by atoms with Gasteiger partial charge in [-0.3, -0.25) is 0 Å². The topological polar surface area (TPSA) is 95.8 Å². The quantitative estimate of drug-likeness (QED) is 0.119. The fourth-order valence-corrected chi connectivity index (χ4v) is 4.13. The van der Waals surface area contributed by atoms with Crippen molar-refractivity contribution in [3.8, 4) is 0 Å². The number of aryl methyl sites for hydroxylation is 3. The maximum atomic E-state index is 8.21. The molecule has 0 amide bonds. The summed E-state index contributed by atoms with van der Waals surface area (Å²) >= 11 is 0. The number of aliphatic hydroxyl groups is 2. The summed E-state index contributed by atoms with van der Waals surface area (Å²) in [7, 11) is 10.0. The maximum absolute atomic E-state index is 8.21. The van der Waals surface area contributed by atoms with Gasteiger partial charge in [-0.25, -0.2) is 0 Å². The molecule has 406 valence electrons. The van der Waals surface area contributed by atoms with E-state index in [1.807, 2.05) is 73.6 Å². The van der Waals surface area contributed by atoms with Crippen LogP contribution in [0.4, 0.5) is 0 Å². The second kappa shape index (κ2) is 75.8. The van der Waals surface area contributed by atoms with E-state index in [-0.39, 0.29) is 34.2 Å². The minimum atomic E-state index is -0.00926. The summed E-state index contributed by atoms with van der Waals surface area (Å²) in [6.07, 6.45) is 4.49. The Morgan fingerprint density at radius 1 is 0.435 bits per heavy atom. The molecule has 0 radical (unpaired) electrons. The van der Waals surface area contributed by atoms with E-state index in [1.165, 1.54) is 38.2 Å². The first kappa shape index (κ1) is 85.2. The van der Waals surface area contributed by atoms with E-state index in [1.54, 1.807) is 49.6 Å². The molecule has 0 heterocycles. The first-order valence-electron chi connectivity index (χ1n) is 24.5. The summed E-state index contributed by atoms with van der Waals surface area (Å²) in [5.74, 6) is 0. The van der Waals surface area contributed by atoms with E-state index in [0.29, 0.717) is 12.7 Å². The number of aliphatic hydroxyl groups excluding tert-OH is 2. The monoisotopic (exact) mass is 975 g/mol. The van der Waals surface area contributed by atoms with Gasteiger partial charge in [0.1, 0.15) is 0 Å². The van der Waals surface area contributed by atoms with Crippen molar-refractivity contribution >= 4 is 21.5 Å². The molecular weight excluding hydrogens is 861 g/mol. The fourth-order valence-electron chi connectivity index (χ4n) is 4.13. The summed E-state index contributed by atoms with van der Waals surface area (Å²) in [6, 6.07) is 40.0. The van der Waals surface area contributed by atoms with Gasteiger partial charge in [0, 0.05) is 75.7 Å². The van der Waals surface area contributed by atoms with E-state index >= 15 is 0 Å². The second-order valence-electron chi connectivity index (χ2n) is 13.9. The Bertz CT molecular complexity index is 1520. The highest BCUT2D eigenvalue weighted by molar-refractivity contribution is 5.85. The summed E-state index contributed by atoms with van der Waals surface area (Å²) < 4.78 is 28.1. The number of ether oxygens (including phenoxy) is 6. The van der Waals surface area contributed by atoms with Crippen molar-refractivity contribution in [1.29, 1.82) is 0 Å². The van der Waals surface area contributed by atoms with Gasteiger partial charge in [-0.1, -0.05) is 204 Å². The van der Waals surface area contributed by atoms with Crippen LogP contribution in [-0.4, -0.2) is 105 Å². The third-order valence-corrected chi connectivity index (χ3v) is 7.72. The largest absolute Gasteiger partial charge is 0.396 e. The van der Waals surface area contributed by atoms with Gasteiger partial charge in [0.05, 0.1) is 18.8 Å². The van der Waals surface area contributed by atoms with E-state index < -0.39 is 0 Å². The molecule has 0 spiro atoms. The Morgan fingerprint density at radius 2 is 0.826 bits per heavy atom. The van der Waals surface area contributed by atoms with Crippen LogP contribution in [-0.2, 0) is 28.4 Å². The number of hydrogen-bond acceptors (Lipinski definition) is 8. The molecule has 0 aliphatic rings. The minimum absolute atomic E-state index is 0. The van der Waals surface area contributed by atoms with Crippen molar-refractivity contribution in [3.63, 3.8) is 0 Å². The first-order valence-corrected chi connectivity index (χ1v) is 24.5. The molecule has 1 atom stereocenters. The van der Waals surface area contributed by atoms with Gasteiger partial charge in [-0.15, -0.1) is 0 Å². The zero-order chi connectivity index (χ0) is 52.9. The number of rotatable bonds is 12. The van der Waals surface area contributed by atoms with Gasteiger partial charge in [-0.2, -0.15) is 0 Å². The summed E-state index contributed by atoms with van der Waals surface area (Å²) in [6.45, 7) is 34.1. The molecular formula is C61H114O8. The van der Waals surface area contributed by atoms with Gasteiger partial charge in [0.2, 0.25) is 0 Å². The molecule has 8 nitrogen and oxygen atoms in total. The lowest BCUT2D eigenvalue weighted by molar-refractivity contribution is 0.0623.